The van der Waals surface area contributed by atoms with Gasteiger partial charge in [-0.05, 0) is 24.1 Å². The van der Waals surface area contributed by atoms with Gasteiger partial charge in [0.05, 0.1) is 28.9 Å². The van der Waals surface area contributed by atoms with Crippen LogP contribution in [-0.4, -0.2) is 17.3 Å². The SMILES string of the molecule is COc1ccc(C(N)Cc2cccc(Cl)c2Cl)nn1. The summed E-state index contributed by atoms with van der Waals surface area (Å²) >= 11 is 12.1. The summed E-state index contributed by atoms with van der Waals surface area (Å²) < 4.78 is 4.95. The Morgan fingerprint density at radius 1 is 1.21 bits per heavy atom. The van der Waals surface area contributed by atoms with Crippen LogP contribution in [0, 0.1) is 0 Å². The van der Waals surface area contributed by atoms with E-state index in [9.17, 15) is 0 Å². The second kappa shape index (κ2) is 6.19. The van der Waals surface area contributed by atoms with Gasteiger partial charge in [0.15, 0.2) is 0 Å². The minimum atomic E-state index is -0.297. The highest BCUT2D eigenvalue weighted by atomic mass is 35.5. The molecule has 1 unspecified atom stereocenters. The van der Waals surface area contributed by atoms with Crippen LogP contribution in [0.2, 0.25) is 10.0 Å². The van der Waals surface area contributed by atoms with Gasteiger partial charge < -0.3 is 10.5 Å². The molecule has 0 radical (unpaired) electrons. The molecule has 0 saturated heterocycles. The third-order valence-electron chi connectivity index (χ3n) is 2.72. The first-order valence-corrected chi connectivity index (χ1v) is 6.43. The van der Waals surface area contributed by atoms with Gasteiger partial charge in [0, 0.05) is 6.07 Å². The fourth-order valence-electron chi connectivity index (χ4n) is 1.68. The van der Waals surface area contributed by atoms with Gasteiger partial charge in [-0.1, -0.05) is 35.3 Å². The lowest BCUT2D eigenvalue weighted by atomic mass is 10.0. The van der Waals surface area contributed by atoms with Crippen molar-refractivity contribution < 1.29 is 4.74 Å². The van der Waals surface area contributed by atoms with Gasteiger partial charge in [-0.2, -0.15) is 5.10 Å². The van der Waals surface area contributed by atoms with Crippen molar-refractivity contribution >= 4 is 23.2 Å². The van der Waals surface area contributed by atoms with Crippen LogP contribution in [0.4, 0.5) is 0 Å². The van der Waals surface area contributed by atoms with Gasteiger partial charge >= 0.3 is 0 Å². The highest BCUT2D eigenvalue weighted by molar-refractivity contribution is 6.42. The summed E-state index contributed by atoms with van der Waals surface area (Å²) in [5.74, 6) is 0.455. The Morgan fingerprint density at radius 3 is 2.63 bits per heavy atom. The molecule has 0 aliphatic heterocycles. The lowest BCUT2D eigenvalue weighted by molar-refractivity contribution is 0.390. The molecule has 19 heavy (non-hydrogen) atoms. The zero-order valence-corrected chi connectivity index (χ0v) is 11.8. The zero-order chi connectivity index (χ0) is 13.8. The first-order valence-electron chi connectivity index (χ1n) is 5.68. The first kappa shape index (κ1) is 14.1. The van der Waals surface area contributed by atoms with Gasteiger partial charge in [-0.3, -0.25) is 0 Å². The topological polar surface area (TPSA) is 61.0 Å². The predicted molar refractivity (Wildman–Crippen MR) is 75.7 cm³/mol. The first-order chi connectivity index (χ1) is 9.11. The van der Waals surface area contributed by atoms with Crippen molar-refractivity contribution in [1.82, 2.24) is 10.2 Å². The van der Waals surface area contributed by atoms with E-state index in [1.54, 1.807) is 18.2 Å². The maximum atomic E-state index is 6.13. The van der Waals surface area contributed by atoms with E-state index in [0.29, 0.717) is 28.0 Å². The number of benzene rings is 1. The fraction of sp³-hybridized carbons (Fsp3) is 0.231. The van der Waals surface area contributed by atoms with E-state index < -0.39 is 0 Å². The molecule has 1 aromatic heterocycles. The highest BCUT2D eigenvalue weighted by Gasteiger charge is 2.13. The van der Waals surface area contributed by atoms with E-state index in [2.05, 4.69) is 10.2 Å². The molecule has 4 nitrogen and oxygen atoms in total. The number of methoxy groups -OCH3 is 1. The normalized spacial score (nSPS) is 12.2. The minimum absolute atomic E-state index is 0.297. The fourth-order valence-corrected chi connectivity index (χ4v) is 2.08. The van der Waals surface area contributed by atoms with Gasteiger partial charge in [-0.15, -0.1) is 5.10 Å². The van der Waals surface area contributed by atoms with Crippen LogP contribution in [0.15, 0.2) is 30.3 Å². The Morgan fingerprint density at radius 2 is 2.00 bits per heavy atom. The summed E-state index contributed by atoms with van der Waals surface area (Å²) in [7, 11) is 1.54. The summed E-state index contributed by atoms with van der Waals surface area (Å²) in [6.07, 6.45) is 0.542. The van der Waals surface area contributed by atoms with Gasteiger partial charge in [0.1, 0.15) is 0 Å². The number of nitrogens with zero attached hydrogens (tertiary/aromatic N) is 2. The van der Waals surface area contributed by atoms with Crippen molar-refractivity contribution in [1.29, 1.82) is 0 Å². The molecule has 0 aliphatic rings. The van der Waals surface area contributed by atoms with Crippen LogP contribution in [0.3, 0.4) is 0 Å². The van der Waals surface area contributed by atoms with Crippen LogP contribution in [0.25, 0.3) is 0 Å². The number of halogens is 2. The number of hydrogen-bond acceptors (Lipinski definition) is 4. The largest absolute Gasteiger partial charge is 0.480 e. The van der Waals surface area contributed by atoms with Gasteiger partial charge in [0.2, 0.25) is 5.88 Å². The number of nitrogens with two attached hydrogens (primary N) is 1. The third kappa shape index (κ3) is 3.35. The predicted octanol–water partition coefficient (Wildman–Crippen LogP) is 3.03. The van der Waals surface area contributed by atoms with Crippen LogP contribution >= 0.6 is 23.2 Å². The molecule has 2 N–H and O–H groups in total. The van der Waals surface area contributed by atoms with Gasteiger partial charge in [-0.25, -0.2) is 0 Å². The average Bonchev–Trinajstić information content (AvgIpc) is 2.44. The van der Waals surface area contributed by atoms with E-state index >= 15 is 0 Å². The highest BCUT2D eigenvalue weighted by Crippen LogP contribution is 2.28. The molecule has 0 aliphatic carbocycles. The van der Waals surface area contributed by atoms with Crippen molar-refractivity contribution in [2.24, 2.45) is 5.73 Å². The van der Waals surface area contributed by atoms with Crippen LogP contribution in [0.1, 0.15) is 17.3 Å². The number of ether oxygens (including phenoxy) is 1. The Bertz CT molecular complexity index is 560. The average molecular weight is 298 g/mol. The molecule has 1 atom stereocenters. The van der Waals surface area contributed by atoms with E-state index in [-0.39, 0.29) is 6.04 Å². The molecule has 0 fully saturated rings. The molecule has 1 aromatic carbocycles. The molecule has 0 saturated carbocycles. The maximum Gasteiger partial charge on any atom is 0.233 e. The summed E-state index contributed by atoms with van der Waals surface area (Å²) in [6.45, 7) is 0. The number of aromatic nitrogens is 2. The Kier molecular flexibility index (Phi) is 4.58. The molecule has 2 rings (SSSR count). The van der Waals surface area contributed by atoms with Crippen molar-refractivity contribution in [3.63, 3.8) is 0 Å². The van der Waals surface area contributed by atoms with Crippen molar-refractivity contribution in [3.05, 3.63) is 51.6 Å². The van der Waals surface area contributed by atoms with Crippen LogP contribution < -0.4 is 10.5 Å². The maximum absolute atomic E-state index is 6.13. The summed E-state index contributed by atoms with van der Waals surface area (Å²) in [5.41, 5.74) is 7.66. The standard InChI is InChI=1S/C13H13Cl2N3O/c1-19-12-6-5-11(17-18-12)10(16)7-8-3-2-4-9(14)13(8)15/h2-6,10H,7,16H2,1H3. The molecule has 6 heteroatoms. The summed E-state index contributed by atoms with van der Waals surface area (Å²) in [6, 6.07) is 8.69. The van der Waals surface area contributed by atoms with Crippen LogP contribution in [0.5, 0.6) is 5.88 Å². The molecule has 2 aromatic rings. The Balaban J connectivity index is 2.15. The summed E-state index contributed by atoms with van der Waals surface area (Å²) in [5, 5.41) is 8.96. The van der Waals surface area contributed by atoms with E-state index in [1.165, 1.54) is 7.11 Å². The van der Waals surface area contributed by atoms with Crippen molar-refractivity contribution in [2.75, 3.05) is 7.11 Å². The molecule has 1 heterocycles. The lowest BCUT2D eigenvalue weighted by Gasteiger charge is -2.12. The van der Waals surface area contributed by atoms with Crippen molar-refractivity contribution in [2.45, 2.75) is 12.5 Å². The Labute approximate surface area is 121 Å². The molecule has 100 valence electrons. The Hall–Kier alpha value is -1.36. The molecule has 0 spiro atoms. The quantitative estimate of drug-likeness (QED) is 0.942. The zero-order valence-electron chi connectivity index (χ0n) is 10.3. The second-order valence-corrected chi connectivity index (χ2v) is 4.81. The van der Waals surface area contributed by atoms with Crippen LogP contribution in [-0.2, 0) is 6.42 Å². The molecular formula is C13H13Cl2N3O. The van der Waals surface area contributed by atoms with E-state index in [1.807, 2.05) is 12.1 Å². The van der Waals surface area contributed by atoms with E-state index in [0.717, 1.165) is 5.56 Å². The summed E-state index contributed by atoms with van der Waals surface area (Å²) in [4.78, 5) is 0. The lowest BCUT2D eigenvalue weighted by Crippen LogP contribution is -2.15. The number of rotatable bonds is 4. The number of hydrogen-bond donors (Lipinski definition) is 1. The smallest absolute Gasteiger partial charge is 0.233 e. The molecule has 0 bridgehead atoms. The van der Waals surface area contributed by atoms with Gasteiger partial charge in [0.25, 0.3) is 0 Å². The minimum Gasteiger partial charge on any atom is -0.480 e. The van der Waals surface area contributed by atoms with E-state index in [4.69, 9.17) is 33.7 Å². The molecule has 0 amide bonds. The monoisotopic (exact) mass is 297 g/mol. The molecular weight excluding hydrogens is 285 g/mol. The van der Waals surface area contributed by atoms with Crippen molar-refractivity contribution in [3.8, 4) is 5.88 Å². The third-order valence-corrected chi connectivity index (χ3v) is 3.58. The second-order valence-electron chi connectivity index (χ2n) is 4.02.